The minimum atomic E-state index is -0.486. The molecule has 1 aromatic carbocycles. The highest BCUT2D eigenvalue weighted by Crippen LogP contribution is 2.41. The molecule has 0 N–H and O–H groups in total. The largest absolute Gasteiger partial charge is 0.281 e. The van der Waals surface area contributed by atoms with Crippen LogP contribution in [0.15, 0.2) is 24.3 Å². The standard InChI is InChI=1S/C12H11BrClNO2/c1-8(16)15-7-12(13,6-11(15)17)9-2-4-10(14)5-3-9/h2-5H,6-7H2,1H3. The average molecular weight is 317 g/mol. The molecule has 1 heterocycles. The van der Waals surface area contributed by atoms with Gasteiger partial charge >= 0.3 is 0 Å². The highest BCUT2D eigenvalue weighted by molar-refractivity contribution is 9.09. The Kier molecular flexibility index (Phi) is 3.27. The second kappa shape index (κ2) is 4.42. The maximum absolute atomic E-state index is 11.7. The first kappa shape index (κ1) is 12.6. The van der Waals surface area contributed by atoms with Crippen LogP contribution in [0.2, 0.25) is 5.02 Å². The lowest BCUT2D eigenvalue weighted by Crippen LogP contribution is -2.31. The Morgan fingerprint density at radius 1 is 1.41 bits per heavy atom. The van der Waals surface area contributed by atoms with Gasteiger partial charge in [-0.05, 0) is 17.7 Å². The molecule has 17 heavy (non-hydrogen) atoms. The quantitative estimate of drug-likeness (QED) is 0.747. The van der Waals surface area contributed by atoms with Gasteiger partial charge in [-0.25, -0.2) is 0 Å². The summed E-state index contributed by atoms with van der Waals surface area (Å²) in [7, 11) is 0. The summed E-state index contributed by atoms with van der Waals surface area (Å²) < 4.78 is -0.486. The molecule has 1 unspecified atom stereocenters. The summed E-state index contributed by atoms with van der Waals surface area (Å²) in [6, 6.07) is 7.30. The van der Waals surface area contributed by atoms with Crippen LogP contribution in [0.25, 0.3) is 0 Å². The van der Waals surface area contributed by atoms with E-state index in [2.05, 4.69) is 15.9 Å². The first-order valence-corrected chi connectivity index (χ1v) is 6.35. The van der Waals surface area contributed by atoms with E-state index < -0.39 is 4.32 Å². The molecule has 1 aliphatic heterocycles. The Morgan fingerprint density at radius 2 is 2.00 bits per heavy atom. The molecule has 0 spiro atoms. The Morgan fingerprint density at radius 3 is 2.47 bits per heavy atom. The summed E-state index contributed by atoms with van der Waals surface area (Å²) in [5.74, 6) is -0.366. The van der Waals surface area contributed by atoms with Crippen molar-refractivity contribution in [1.29, 1.82) is 0 Å². The van der Waals surface area contributed by atoms with Crippen molar-refractivity contribution < 1.29 is 9.59 Å². The number of alkyl halides is 1. The van der Waals surface area contributed by atoms with Crippen molar-refractivity contribution >= 4 is 39.3 Å². The first-order chi connectivity index (χ1) is 7.92. The molecule has 0 aromatic heterocycles. The van der Waals surface area contributed by atoms with Gasteiger partial charge in [-0.2, -0.15) is 0 Å². The van der Waals surface area contributed by atoms with Crippen molar-refractivity contribution in [2.45, 2.75) is 17.7 Å². The molecule has 1 atom stereocenters. The summed E-state index contributed by atoms with van der Waals surface area (Å²) in [5.41, 5.74) is 0.957. The van der Waals surface area contributed by atoms with Crippen molar-refractivity contribution in [1.82, 2.24) is 4.90 Å². The normalized spacial score (nSPS) is 24.2. The summed E-state index contributed by atoms with van der Waals surface area (Å²) in [5, 5.41) is 0.651. The maximum Gasteiger partial charge on any atom is 0.231 e. The summed E-state index contributed by atoms with van der Waals surface area (Å²) in [6.07, 6.45) is 0.286. The number of nitrogens with zero attached hydrogens (tertiary/aromatic N) is 1. The zero-order valence-electron chi connectivity index (χ0n) is 9.24. The van der Waals surface area contributed by atoms with Crippen LogP contribution in [0.3, 0.4) is 0 Å². The molecule has 3 nitrogen and oxygen atoms in total. The molecule has 0 saturated carbocycles. The van der Waals surface area contributed by atoms with Gasteiger partial charge in [-0.1, -0.05) is 39.7 Å². The molecule has 1 saturated heterocycles. The molecule has 5 heteroatoms. The number of imide groups is 1. The van der Waals surface area contributed by atoms with Crippen LogP contribution in [0, 0.1) is 0 Å². The van der Waals surface area contributed by atoms with Crippen LogP contribution >= 0.6 is 27.5 Å². The molecule has 0 radical (unpaired) electrons. The molecule has 0 bridgehead atoms. The minimum Gasteiger partial charge on any atom is -0.281 e. The van der Waals surface area contributed by atoms with E-state index in [0.717, 1.165) is 5.56 Å². The highest BCUT2D eigenvalue weighted by Gasteiger charge is 2.44. The summed E-state index contributed by atoms with van der Waals surface area (Å²) in [6.45, 7) is 1.77. The topological polar surface area (TPSA) is 37.4 Å². The van der Waals surface area contributed by atoms with E-state index in [0.29, 0.717) is 11.6 Å². The van der Waals surface area contributed by atoms with Gasteiger partial charge in [0, 0.05) is 24.9 Å². The van der Waals surface area contributed by atoms with Gasteiger partial charge in [-0.3, -0.25) is 14.5 Å². The van der Waals surface area contributed by atoms with Gasteiger partial charge in [0.2, 0.25) is 11.8 Å². The fourth-order valence-corrected chi connectivity index (χ4v) is 2.84. The molecule has 90 valence electrons. The Labute approximate surface area is 113 Å². The third kappa shape index (κ3) is 2.38. The molecule has 1 aliphatic rings. The van der Waals surface area contributed by atoms with E-state index in [1.165, 1.54) is 11.8 Å². The van der Waals surface area contributed by atoms with Gasteiger partial charge in [0.15, 0.2) is 0 Å². The average Bonchev–Trinajstić information content (AvgIpc) is 2.56. The number of likely N-dealkylation sites (tertiary alicyclic amines) is 1. The maximum atomic E-state index is 11.7. The number of hydrogen-bond acceptors (Lipinski definition) is 2. The van der Waals surface area contributed by atoms with Gasteiger partial charge in [0.25, 0.3) is 0 Å². The van der Waals surface area contributed by atoms with Gasteiger partial charge in [0.1, 0.15) is 0 Å². The van der Waals surface area contributed by atoms with Gasteiger partial charge < -0.3 is 0 Å². The fourth-order valence-electron chi connectivity index (χ4n) is 1.96. The van der Waals surface area contributed by atoms with Crippen molar-refractivity contribution in [2.75, 3.05) is 6.54 Å². The molecular formula is C12H11BrClNO2. The van der Waals surface area contributed by atoms with Crippen LogP contribution in [0.5, 0.6) is 0 Å². The van der Waals surface area contributed by atoms with E-state index in [1.807, 2.05) is 12.1 Å². The summed E-state index contributed by atoms with van der Waals surface area (Å²) in [4.78, 5) is 24.3. The molecule has 0 aliphatic carbocycles. The lowest BCUT2D eigenvalue weighted by Gasteiger charge is -2.21. The fraction of sp³-hybridized carbons (Fsp3) is 0.333. The van der Waals surface area contributed by atoms with E-state index in [4.69, 9.17) is 11.6 Å². The smallest absolute Gasteiger partial charge is 0.231 e. The van der Waals surface area contributed by atoms with Crippen LogP contribution in [0.1, 0.15) is 18.9 Å². The summed E-state index contributed by atoms with van der Waals surface area (Å²) >= 11 is 9.39. The number of carbonyl (C=O) groups excluding carboxylic acids is 2. The van der Waals surface area contributed by atoms with Crippen molar-refractivity contribution in [2.24, 2.45) is 0 Å². The zero-order chi connectivity index (χ0) is 12.6. The van der Waals surface area contributed by atoms with Crippen LogP contribution in [-0.4, -0.2) is 23.3 Å². The van der Waals surface area contributed by atoms with Crippen LogP contribution in [-0.2, 0) is 13.9 Å². The molecule has 2 amide bonds. The second-order valence-electron chi connectivity index (χ2n) is 4.15. The third-order valence-electron chi connectivity index (χ3n) is 2.88. The Bertz CT molecular complexity index is 474. The Hall–Kier alpha value is -0.870. The minimum absolute atomic E-state index is 0.149. The molecule has 1 fully saturated rings. The number of hydrogen-bond donors (Lipinski definition) is 0. The van der Waals surface area contributed by atoms with Crippen LogP contribution in [0.4, 0.5) is 0 Å². The first-order valence-electron chi connectivity index (χ1n) is 5.18. The van der Waals surface area contributed by atoms with Crippen molar-refractivity contribution in [3.63, 3.8) is 0 Å². The molecular weight excluding hydrogens is 305 g/mol. The highest BCUT2D eigenvalue weighted by atomic mass is 79.9. The molecule has 2 rings (SSSR count). The van der Waals surface area contributed by atoms with Gasteiger partial charge in [0.05, 0.1) is 4.32 Å². The number of rotatable bonds is 1. The second-order valence-corrected chi connectivity index (χ2v) is 6.10. The van der Waals surface area contributed by atoms with Crippen molar-refractivity contribution in [3.8, 4) is 0 Å². The number of benzene rings is 1. The Balaban J connectivity index is 2.30. The number of halogens is 2. The predicted molar refractivity (Wildman–Crippen MR) is 69.1 cm³/mol. The van der Waals surface area contributed by atoms with Gasteiger partial charge in [-0.15, -0.1) is 0 Å². The number of carbonyl (C=O) groups is 2. The predicted octanol–water partition coefficient (Wildman–Crippen LogP) is 2.71. The van der Waals surface area contributed by atoms with Crippen LogP contribution < -0.4 is 0 Å². The zero-order valence-corrected chi connectivity index (χ0v) is 11.6. The van der Waals surface area contributed by atoms with E-state index in [1.54, 1.807) is 12.1 Å². The number of amides is 2. The molecule has 1 aromatic rings. The lowest BCUT2D eigenvalue weighted by atomic mass is 9.98. The monoisotopic (exact) mass is 315 g/mol. The van der Waals surface area contributed by atoms with E-state index >= 15 is 0 Å². The third-order valence-corrected chi connectivity index (χ3v) is 4.12. The van der Waals surface area contributed by atoms with E-state index in [9.17, 15) is 9.59 Å². The SMILES string of the molecule is CC(=O)N1CC(Br)(c2ccc(Cl)cc2)CC1=O. The lowest BCUT2D eigenvalue weighted by molar-refractivity contribution is -0.140. The van der Waals surface area contributed by atoms with Crippen molar-refractivity contribution in [3.05, 3.63) is 34.9 Å². The van der Waals surface area contributed by atoms with E-state index in [-0.39, 0.29) is 18.2 Å².